The number of para-hydroxylation sites is 2. The van der Waals surface area contributed by atoms with Gasteiger partial charge in [0.05, 0.1) is 22.0 Å². The molecule has 5 rings (SSSR count). The van der Waals surface area contributed by atoms with Crippen molar-refractivity contribution in [3.63, 3.8) is 0 Å². The van der Waals surface area contributed by atoms with Gasteiger partial charge in [-0.25, -0.2) is 13.1 Å². The van der Waals surface area contributed by atoms with Crippen LogP contribution >= 0.6 is 0 Å². The SMILES string of the molecule is CN(c1ccccc1)S(=O)(=O)c1ccc(C(=O)Nc2c3c(nn2-c2ccccc2)CCC3)cc1. The summed E-state index contributed by atoms with van der Waals surface area (Å²) < 4.78 is 29.0. The van der Waals surface area contributed by atoms with Gasteiger partial charge in [0.25, 0.3) is 15.9 Å². The van der Waals surface area contributed by atoms with Gasteiger partial charge >= 0.3 is 0 Å². The van der Waals surface area contributed by atoms with Crippen molar-refractivity contribution in [3.8, 4) is 5.69 Å². The van der Waals surface area contributed by atoms with Gasteiger partial charge < -0.3 is 5.32 Å². The number of aromatic nitrogens is 2. The standard InChI is InChI=1S/C26H24N4O3S/c1-29(20-9-4-2-5-10-20)34(32,33)22-17-15-19(16-18-22)26(31)27-25-23-13-8-14-24(23)28-30(25)21-11-6-3-7-12-21/h2-7,9-12,15-18H,8,13-14H2,1H3,(H,27,31). The first-order valence-electron chi connectivity index (χ1n) is 11.1. The lowest BCUT2D eigenvalue weighted by Gasteiger charge is -2.19. The van der Waals surface area contributed by atoms with Crippen molar-refractivity contribution in [3.05, 3.63) is 102 Å². The van der Waals surface area contributed by atoms with E-state index in [-0.39, 0.29) is 10.8 Å². The van der Waals surface area contributed by atoms with E-state index in [9.17, 15) is 13.2 Å². The van der Waals surface area contributed by atoms with Crippen LogP contribution in [-0.4, -0.2) is 31.2 Å². The van der Waals surface area contributed by atoms with Gasteiger partial charge in [-0.2, -0.15) is 5.10 Å². The van der Waals surface area contributed by atoms with E-state index in [1.54, 1.807) is 28.9 Å². The Morgan fingerprint density at radius 2 is 1.56 bits per heavy atom. The van der Waals surface area contributed by atoms with Crippen molar-refractivity contribution >= 4 is 27.4 Å². The Hall–Kier alpha value is -3.91. The Morgan fingerprint density at radius 3 is 2.24 bits per heavy atom. The first kappa shape index (κ1) is 21.9. The summed E-state index contributed by atoms with van der Waals surface area (Å²) >= 11 is 0. The highest BCUT2D eigenvalue weighted by Gasteiger charge is 2.25. The van der Waals surface area contributed by atoms with Gasteiger partial charge in [-0.3, -0.25) is 9.10 Å². The Balaban J connectivity index is 1.40. The molecule has 0 bridgehead atoms. The predicted octanol–water partition coefficient (Wildman–Crippen LogP) is 4.44. The lowest BCUT2D eigenvalue weighted by Crippen LogP contribution is -2.26. The minimum atomic E-state index is -3.75. The maximum atomic E-state index is 13.1. The molecule has 0 fully saturated rings. The quantitative estimate of drug-likeness (QED) is 0.450. The zero-order valence-electron chi connectivity index (χ0n) is 18.7. The van der Waals surface area contributed by atoms with Crippen LogP contribution in [0.25, 0.3) is 5.69 Å². The fourth-order valence-corrected chi connectivity index (χ4v) is 5.36. The number of sulfonamides is 1. The predicted molar refractivity (Wildman–Crippen MR) is 132 cm³/mol. The number of rotatable bonds is 6. The van der Waals surface area contributed by atoms with Crippen LogP contribution < -0.4 is 9.62 Å². The Kier molecular flexibility index (Phi) is 5.67. The summed E-state index contributed by atoms with van der Waals surface area (Å²) in [5.41, 5.74) is 3.87. The van der Waals surface area contributed by atoms with Crippen LogP contribution in [0.15, 0.2) is 89.8 Å². The van der Waals surface area contributed by atoms with E-state index in [2.05, 4.69) is 5.32 Å². The Bertz CT molecular complexity index is 1430. The van der Waals surface area contributed by atoms with Gasteiger partial charge in [-0.15, -0.1) is 0 Å². The highest BCUT2D eigenvalue weighted by atomic mass is 32.2. The Morgan fingerprint density at radius 1 is 0.912 bits per heavy atom. The van der Waals surface area contributed by atoms with Gasteiger partial charge in [0.15, 0.2) is 0 Å². The number of carbonyl (C=O) groups excluding carboxylic acids is 1. The zero-order valence-corrected chi connectivity index (χ0v) is 19.5. The van der Waals surface area contributed by atoms with Crippen molar-refractivity contribution in [1.82, 2.24) is 9.78 Å². The third-order valence-corrected chi connectivity index (χ3v) is 7.83. The average molecular weight is 473 g/mol. The van der Waals surface area contributed by atoms with E-state index in [4.69, 9.17) is 5.10 Å². The lowest BCUT2D eigenvalue weighted by atomic mass is 10.2. The van der Waals surface area contributed by atoms with Gasteiger partial charge in [-0.05, 0) is 67.8 Å². The van der Waals surface area contributed by atoms with E-state index in [0.29, 0.717) is 17.1 Å². The molecule has 0 unspecified atom stereocenters. The van der Waals surface area contributed by atoms with Crippen LogP contribution in [0.1, 0.15) is 28.0 Å². The van der Waals surface area contributed by atoms with Gasteiger partial charge in [0.1, 0.15) is 5.82 Å². The van der Waals surface area contributed by atoms with Crippen LogP contribution in [-0.2, 0) is 22.9 Å². The molecule has 0 atom stereocenters. The molecule has 0 saturated heterocycles. The molecule has 0 saturated carbocycles. The van der Waals surface area contributed by atoms with Crippen molar-refractivity contribution in [2.75, 3.05) is 16.7 Å². The summed E-state index contributed by atoms with van der Waals surface area (Å²) in [7, 11) is -2.24. The summed E-state index contributed by atoms with van der Waals surface area (Å²) in [6, 6.07) is 24.5. The number of carbonyl (C=O) groups is 1. The second-order valence-electron chi connectivity index (χ2n) is 8.16. The molecule has 1 aromatic heterocycles. The summed E-state index contributed by atoms with van der Waals surface area (Å²) in [5.74, 6) is 0.358. The molecule has 1 amide bonds. The molecule has 1 aliphatic rings. The molecule has 4 aromatic rings. The monoisotopic (exact) mass is 472 g/mol. The molecule has 0 aliphatic heterocycles. The second-order valence-corrected chi connectivity index (χ2v) is 10.1. The molecule has 1 heterocycles. The van der Waals surface area contributed by atoms with E-state index in [1.807, 2.05) is 36.4 Å². The van der Waals surface area contributed by atoms with E-state index < -0.39 is 10.0 Å². The molecule has 0 radical (unpaired) electrons. The molecule has 3 aromatic carbocycles. The van der Waals surface area contributed by atoms with Gasteiger partial charge in [0.2, 0.25) is 0 Å². The number of aryl methyl sites for hydroxylation is 1. The molecule has 172 valence electrons. The first-order chi connectivity index (χ1) is 16.4. The molecule has 8 heteroatoms. The summed E-state index contributed by atoms with van der Waals surface area (Å²) in [4.78, 5) is 13.2. The van der Waals surface area contributed by atoms with Gasteiger partial charge in [-0.1, -0.05) is 36.4 Å². The molecule has 0 spiro atoms. The topological polar surface area (TPSA) is 84.3 Å². The van der Waals surface area contributed by atoms with Crippen LogP contribution in [0.2, 0.25) is 0 Å². The molecular weight excluding hydrogens is 448 g/mol. The van der Waals surface area contributed by atoms with E-state index in [0.717, 1.165) is 36.2 Å². The van der Waals surface area contributed by atoms with Crippen LogP contribution in [0.4, 0.5) is 11.5 Å². The molecule has 7 nitrogen and oxygen atoms in total. The number of amides is 1. The number of anilines is 2. The summed E-state index contributed by atoms with van der Waals surface area (Å²) in [6.45, 7) is 0. The third-order valence-electron chi connectivity index (χ3n) is 6.03. The zero-order chi connectivity index (χ0) is 23.7. The minimum absolute atomic E-state index is 0.116. The van der Waals surface area contributed by atoms with Crippen molar-refractivity contribution in [2.45, 2.75) is 24.2 Å². The fourth-order valence-electron chi connectivity index (χ4n) is 4.17. The number of benzene rings is 3. The van der Waals surface area contributed by atoms with E-state index >= 15 is 0 Å². The molecule has 1 aliphatic carbocycles. The van der Waals surface area contributed by atoms with Crippen molar-refractivity contribution in [1.29, 1.82) is 0 Å². The maximum absolute atomic E-state index is 13.1. The number of nitrogens with one attached hydrogen (secondary N) is 1. The normalized spacial score (nSPS) is 12.9. The summed E-state index contributed by atoms with van der Waals surface area (Å²) in [5, 5.41) is 7.73. The number of nitrogens with zero attached hydrogens (tertiary/aromatic N) is 3. The van der Waals surface area contributed by atoms with E-state index in [1.165, 1.54) is 35.6 Å². The maximum Gasteiger partial charge on any atom is 0.264 e. The van der Waals surface area contributed by atoms with Crippen LogP contribution in [0, 0.1) is 0 Å². The van der Waals surface area contributed by atoms with Crippen molar-refractivity contribution < 1.29 is 13.2 Å². The first-order valence-corrected chi connectivity index (χ1v) is 12.5. The Labute approximate surface area is 198 Å². The van der Waals surface area contributed by atoms with Gasteiger partial charge in [0, 0.05) is 18.2 Å². The number of hydrogen-bond acceptors (Lipinski definition) is 4. The fraction of sp³-hybridized carbons (Fsp3) is 0.154. The molecule has 1 N–H and O–H groups in total. The molecular formula is C26H24N4O3S. The van der Waals surface area contributed by atoms with Crippen LogP contribution in [0.5, 0.6) is 0 Å². The van der Waals surface area contributed by atoms with Crippen molar-refractivity contribution in [2.24, 2.45) is 0 Å². The third kappa shape index (κ3) is 3.97. The number of fused-ring (bicyclic) bond motifs is 1. The van der Waals surface area contributed by atoms with Crippen LogP contribution in [0.3, 0.4) is 0 Å². The smallest absolute Gasteiger partial charge is 0.264 e. The largest absolute Gasteiger partial charge is 0.306 e. The summed E-state index contributed by atoms with van der Waals surface area (Å²) in [6.07, 6.45) is 2.76. The molecule has 34 heavy (non-hydrogen) atoms. The lowest BCUT2D eigenvalue weighted by molar-refractivity contribution is 0.102. The second kappa shape index (κ2) is 8.79. The highest BCUT2D eigenvalue weighted by molar-refractivity contribution is 7.92. The minimum Gasteiger partial charge on any atom is -0.306 e. The highest BCUT2D eigenvalue weighted by Crippen LogP contribution is 2.31. The number of hydrogen-bond donors (Lipinski definition) is 1. The average Bonchev–Trinajstić information content (AvgIpc) is 3.47.